The summed E-state index contributed by atoms with van der Waals surface area (Å²) in [7, 11) is 0. The normalized spacial score (nSPS) is 14.6. The summed E-state index contributed by atoms with van der Waals surface area (Å²) < 4.78 is 12.7. The quantitative estimate of drug-likeness (QED) is 0.145. The second-order valence-corrected chi connectivity index (χ2v) is 14.9. The molecule has 0 amide bonds. The lowest BCUT2D eigenvalue weighted by atomic mass is 9.92. The van der Waals surface area contributed by atoms with Gasteiger partial charge in [0.25, 0.3) is 12.9 Å². The molecule has 2 N–H and O–H groups in total. The van der Waals surface area contributed by atoms with Crippen LogP contribution in [0.1, 0.15) is 83.0 Å². The van der Waals surface area contributed by atoms with Crippen LogP contribution in [-0.2, 0) is 35.9 Å². The highest BCUT2D eigenvalue weighted by Crippen LogP contribution is 2.35. The molecule has 2 heterocycles. The van der Waals surface area contributed by atoms with Crippen LogP contribution in [0.5, 0.6) is 11.5 Å². The lowest BCUT2D eigenvalue weighted by molar-refractivity contribution is -0.123. The van der Waals surface area contributed by atoms with Crippen LogP contribution in [0, 0.1) is 27.7 Å². The van der Waals surface area contributed by atoms with E-state index in [0.29, 0.717) is 23.3 Å². The van der Waals surface area contributed by atoms with Crippen molar-refractivity contribution in [3.8, 4) is 22.6 Å². The van der Waals surface area contributed by atoms with Crippen molar-refractivity contribution in [3.63, 3.8) is 0 Å². The van der Waals surface area contributed by atoms with Gasteiger partial charge in [0.05, 0.1) is 10.0 Å². The van der Waals surface area contributed by atoms with E-state index >= 15 is 0 Å². The average Bonchev–Trinajstić information content (AvgIpc) is 3.16. The van der Waals surface area contributed by atoms with Crippen molar-refractivity contribution in [2.75, 3.05) is 26.2 Å². The van der Waals surface area contributed by atoms with Gasteiger partial charge in [0.1, 0.15) is 24.7 Å². The van der Waals surface area contributed by atoms with Crippen LogP contribution in [0.25, 0.3) is 11.1 Å². The minimum atomic E-state index is -0.250. The zero-order valence-electron chi connectivity index (χ0n) is 32.0. The number of aryl methyl sites for hydroxylation is 2. The molecule has 0 atom stereocenters. The van der Waals surface area contributed by atoms with Crippen LogP contribution in [0.15, 0.2) is 60.7 Å². The predicted octanol–water partition coefficient (Wildman–Crippen LogP) is 10.4. The Morgan fingerprint density at radius 2 is 0.926 bits per heavy atom. The van der Waals surface area contributed by atoms with Gasteiger partial charge in [-0.1, -0.05) is 72.4 Å². The predicted molar refractivity (Wildman–Crippen MR) is 218 cm³/mol. The Bertz CT molecular complexity index is 1700. The van der Waals surface area contributed by atoms with E-state index in [1.165, 1.54) is 109 Å². The van der Waals surface area contributed by atoms with Crippen LogP contribution in [0.4, 0.5) is 0 Å². The smallest absolute Gasteiger partial charge is 0.290 e. The first-order valence-corrected chi connectivity index (χ1v) is 19.5. The number of piperidine rings is 2. The van der Waals surface area contributed by atoms with Crippen LogP contribution in [-0.4, -0.2) is 59.1 Å². The number of rotatable bonds is 11. The van der Waals surface area contributed by atoms with E-state index in [2.05, 4.69) is 98.2 Å². The van der Waals surface area contributed by atoms with E-state index < -0.39 is 0 Å². The third-order valence-corrected chi connectivity index (χ3v) is 11.0. The molecule has 4 aromatic rings. The topological polar surface area (TPSA) is 99.5 Å². The lowest BCUT2D eigenvalue weighted by Crippen LogP contribution is -2.29. The third-order valence-electron chi connectivity index (χ3n) is 10.4. The molecule has 0 radical (unpaired) electrons. The van der Waals surface area contributed by atoms with E-state index in [1.54, 1.807) is 0 Å². The van der Waals surface area contributed by atoms with E-state index in [1.807, 2.05) is 0 Å². The van der Waals surface area contributed by atoms with Gasteiger partial charge >= 0.3 is 0 Å². The van der Waals surface area contributed by atoms with E-state index in [9.17, 15) is 0 Å². The molecule has 0 saturated carbocycles. The van der Waals surface area contributed by atoms with Gasteiger partial charge < -0.3 is 19.7 Å². The number of hydrogen-bond acceptors (Lipinski definition) is 6. The first-order chi connectivity index (χ1) is 26.1. The average molecular weight is 778 g/mol. The molecule has 0 aliphatic carbocycles. The highest BCUT2D eigenvalue weighted by atomic mass is 35.5. The van der Waals surface area contributed by atoms with Gasteiger partial charge in [-0.3, -0.25) is 19.4 Å². The summed E-state index contributed by atoms with van der Waals surface area (Å²) in [4.78, 5) is 21.8. The molecular weight excluding hydrogens is 723 g/mol. The number of carboxylic acid groups (broad SMARTS) is 2. The number of hydrogen-bond donors (Lipinski definition) is 2. The molecule has 10 heteroatoms. The number of benzene rings is 4. The number of likely N-dealkylation sites (tertiary alicyclic amines) is 2. The number of ether oxygens (including phenoxy) is 2. The summed E-state index contributed by atoms with van der Waals surface area (Å²) in [6, 6.07) is 21.3. The molecule has 2 aliphatic heterocycles. The van der Waals surface area contributed by atoms with Gasteiger partial charge in [0, 0.05) is 13.1 Å². The molecule has 54 heavy (non-hydrogen) atoms. The Morgan fingerprint density at radius 1 is 0.574 bits per heavy atom. The Hall–Kier alpha value is -4.08. The molecule has 2 saturated heterocycles. The lowest BCUT2D eigenvalue weighted by Gasteiger charge is -2.27. The zero-order chi connectivity index (χ0) is 39.0. The van der Waals surface area contributed by atoms with Crippen molar-refractivity contribution in [3.05, 3.63) is 115 Å². The summed E-state index contributed by atoms with van der Waals surface area (Å²) >= 11 is 13.5. The fourth-order valence-corrected chi connectivity index (χ4v) is 7.73. The van der Waals surface area contributed by atoms with Crippen molar-refractivity contribution < 1.29 is 29.3 Å². The molecule has 4 aromatic carbocycles. The van der Waals surface area contributed by atoms with Crippen LogP contribution >= 0.6 is 23.2 Å². The number of carbonyl (C=O) groups is 2. The third kappa shape index (κ3) is 12.0. The molecule has 0 bridgehead atoms. The summed E-state index contributed by atoms with van der Waals surface area (Å²) in [6.07, 6.45) is 7.81. The molecule has 2 aliphatic rings. The largest absolute Gasteiger partial charge is 0.487 e. The Morgan fingerprint density at radius 3 is 1.28 bits per heavy atom. The van der Waals surface area contributed by atoms with Gasteiger partial charge in [-0.15, -0.1) is 0 Å². The van der Waals surface area contributed by atoms with E-state index in [4.69, 9.17) is 52.5 Å². The molecule has 6 rings (SSSR count). The Kier molecular flexibility index (Phi) is 17.2. The maximum Gasteiger partial charge on any atom is 0.290 e. The molecule has 290 valence electrons. The van der Waals surface area contributed by atoms with Gasteiger partial charge in [-0.2, -0.15) is 0 Å². The summed E-state index contributed by atoms with van der Waals surface area (Å²) in [5.41, 5.74) is 12.1. The summed E-state index contributed by atoms with van der Waals surface area (Å²) in [5, 5.41) is 15.1. The first-order valence-electron chi connectivity index (χ1n) is 18.7. The van der Waals surface area contributed by atoms with E-state index in [-0.39, 0.29) is 12.9 Å². The summed E-state index contributed by atoms with van der Waals surface area (Å²) in [5.74, 6) is 1.48. The SMILES string of the molecule is Cc1cc(OCc2cccc(-c3cccc(COc4cc(C)c(CN5CCCCC5)cc4Cl)c3C)c2C)c(Cl)cc1CN1CCCCC1.O=CO.O=CO. The van der Waals surface area contributed by atoms with Crippen molar-refractivity contribution in [1.82, 2.24) is 9.80 Å². The van der Waals surface area contributed by atoms with E-state index in [0.717, 1.165) is 35.7 Å². The van der Waals surface area contributed by atoms with Gasteiger partial charge in [0.2, 0.25) is 0 Å². The maximum atomic E-state index is 8.36. The standard InChI is InChI=1S/C42H50Cl2N2O2.2CH2O2/c1-29-21-41(39(43)23-35(29)25-45-17-7-5-8-18-45)47-27-33-13-11-15-37(31(33)3)38-16-12-14-34(32(38)4)28-48-42-22-30(2)36(24-40(42)44)26-46-19-9-6-10-20-46;2*2-1-3/h11-16,21-24H,5-10,17-20,25-28H2,1-4H3;2*1H,(H,2,3). The number of nitrogens with zero attached hydrogens (tertiary/aromatic N) is 2. The first kappa shape index (κ1) is 42.7. The second-order valence-electron chi connectivity index (χ2n) is 14.1. The summed E-state index contributed by atoms with van der Waals surface area (Å²) in [6.45, 7) is 15.7. The van der Waals surface area contributed by atoms with Crippen molar-refractivity contribution in [1.29, 1.82) is 0 Å². The van der Waals surface area contributed by atoms with Crippen LogP contribution in [0.2, 0.25) is 10.0 Å². The zero-order valence-corrected chi connectivity index (χ0v) is 33.5. The Balaban J connectivity index is 0.00000102. The molecule has 0 aromatic heterocycles. The van der Waals surface area contributed by atoms with Crippen molar-refractivity contribution >= 4 is 36.1 Å². The minimum Gasteiger partial charge on any atom is -0.487 e. The number of halogens is 2. The van der Waals surface area contributed by atoms with Gasteiger partial charge in [0.15, 0.2) is 0 Å². The van der Waals surface area contributed by atoms with Gasteiger partial charge in [-0.05, 0) is 159 Å². The minimum absolute atomic E-state index is 0.250. The molecule has 8 nitrogen and oxygen atoms in total. The van der Waals surface area contributed by atoms with Crippen molar-refractivity contribution in [2.45, 2.75) is 92.5 Å². The molecular formula is C44H54Cl2N2O6. The Labute approximate surface area is 330 Å². The van der Waals surface area contributed by atoms with Crippen LogP contribution in [0.3, 0.4) is 0 Å². The monoisotopic (exact) mass is 776 g/mol. The maximum absolute atomic E-state index is 8.36. The second kappa shape index (κ2) is 21.7. The highest BCUT2D eigenvalue weighted by molar-refractivity contribution is 6.32. The molecule has 0 spiro atoms. The fraction of sp³-hybridized carbons (Fsp3) is 0.409. The molecule has 0 unspecified atom stereocenters. The fourth-order valence-electron chi connectivity index (χ4n) is 7.25. The molecule has 2 fully saturated rings. The van der Waals surface area contributed by atoms with Gasteiger partial charge in [-0.25, -0.2) is 0 Å². The van der Waals surface area contributed by atoms with Crippen molar-refractivity contribution in [2.24, 2.45) is 0 Å². The van der Waals surface area contributed by atoms with Crippen LogP contribution < -0.4 is 9.47 Å². The highest BCUT2D eigenvalue weighted by Gasteiger charge is 2.17.